The van der Waals surface area contributed by atoms with Crippen molar-refractivity contribution in [1.82, 2.24) is 4.31 Å². The Morgan fingerprint density at radius 3 is 2.00 bits per heavy atom. The van der Waals surface area contributed by atoms with E-state index in [0.717, 1.165) is 11.1 Å². The maximum absolute atomic E-state index is 12.5. The topological polar surface area (TPSA) is 75.7 Å². The predicted molar refractivity (Wildman–Crippen MR) is 123 cm³/mol. The van der Waals surface area contributed by atoms with Gasteiger partial charge in [0.25, 0.3) is 5.91 Å². The molecule has 0 bridgehead atoms. The summed E-state index contributed by atoms with van der Waals surface area (Å²) in [5.74, 6) is 0.266. The molecule has 31 heavy (non-hydrogen) atoms. The molecule has 0 aliphatic carbocycles. The zero-order chi connectivity index (χ0) is 22.3. The van der Waals surface area contributed by atoms with Crippen molar-refractivity contribution < 1.29 is 17.9 Å². The highest BCUT2D eigenvalue weighted by Crippen LogP contribution is 2.22. The fourth-order valence-corrected chi connectivity index (χ4v) is 4.60. The van der Waals surface area contributed by atoms with Gasteiger partial charge in [0.2, 0.25) is 10.0 Å². The molecule has 0 fully saturated rings. The molecule has 0 aliphatic rings. The van der Waals surface area contributed by atoms with Gasteiger partial charge in [0.1, 0.15) is 5.75 Å². The van der Waals surface area contributed by atoms with E-state index in [0.29, 0.717) is 24.5 Å². The van der Waals surface area contributed by atoms with E-state index in [2.05, 4.69) is 5.32 Å². The molecule has 0 saturated carbocycles. The number of carbonyl (C=O) groups excluding carboxylic acids is 1. The normalized spacial score (nSPS) is 11.3. The number of nitrogens with zero attached hydrogens (tertiary/aromatic N) is 1. The lowest BCUT2D eigenvalue weighted by Crippen LogP contribution is -2.30. The van der Waals surface area contributed by atoms with Gasteiger partial charge in [-0.15, -0.1) is 0 Å². The van der Waals surface area contributed by atoms with Crippen LogP contribution in [0.5, 0.6) is 5.75 Å². The Morgan fingerprint density at radius 2 is 1.42 bits per heavy atom. The van der Waals surface area contributed by atoms with Crippen molar-refractivity contribution in [3.8, 4) is 16.9 Å². The van der Waals surface area contributed by atoms with E-state index in [1.165, 1.54) is 16.4 Å². The molecule has 3 aromatic rings. The van der Waals surface area contributed by atoms with Crippen LogP contribution in [0.2, 0.25) is 0 Å². The second-order valence-electron chi connectivity index (χ2n) is 6.84. The lowest BCUT2D eigenvalue weighted by atomic mass is 10.1. The van der Waals surface area contributed by atoms with E-state index in [4.69, 9.17) is 4.74 Å². The van der Waals surface area contributed by atoms with Crippen molar-refractivity contribution in [1.29, 1.82) is 0 Å². The largest absolute Gasteiger partial charge is 0.484 e. The van der Waals surface area contributed by atoms with E-state index in [-0.39, 0.29) is 17.4 Å². The number of sulfonamides is 1. The van der Waals surface area contributed by atoms with Gasteiger partial charge in [0.05, 0.1) is 4.90 Å². The lowest BCUT2D eigenvalue weighted by molar-refractivity contribution is -0.118. The van der Waals surface area contributed by atoms with Crippen molar-refractivity contribution in [3.63, 3.8) is 0 Å². The highest BCUT2D eigenvalue weighted by Gasteiger charge is 2.21. The Bertz CT molecular complexity index is 1090. The molecule has 0 atom stereocenters. The Labute approximate surface area is 183 Å². The van der Waals surface area contributed by atoms with Crippen LogP contribution in [0, 0.1) is 0 Å². The van der Waals surface area contributed by atoms with Crippen molar-refractivity contribution in [2.24, 2.45) is 0 Å². The number of amides is 1. The number of hydrogen-bond acceptors (Lipinski definition) is 4. The number of rotatable bonds is 9. The lowest BCUT2D eigenvalue weighted by Gasteiger charge is -2.18. The Balaban J connectivity index is 1.55. The third kappa shape index (κ3) is 5.71. The van der Waals surface area contributed by atoms with Gasteiger partial charge >= 0.3 is 0 Å². The van der Waals surface area contributed by atoms with E-state index < -0.39 is 10.0 Å². The summed E-state index contributed by atoms with van der Waals surface area (Å²) in [6, 6.07) is 23.6. The summed E-state index contributed by atoms with van der Waals surface area (Å²) in [6.45, 7) is 4.25. The molecule has 0 saturated heterocycles. The summed E-state index contributed by atoms with van der Waals surface area (Å²) in [7, 11) is -3.52. The molecule has 0 heterocycles. The van der Waals surface area contributed by atoms with Crippen LogP contribution in [0.1, 0.15) is 13.8 Å². The fraction of sp³-hybridized carbons (Fsp3) is 0.208. The highest BCUT2D eigenvalue weighted by molar-refractivity contribution is 7.89. The SMILES string of the molecule is CCN(CC)S(=O)(=O)c1ccc(NC(=O)COc2ccc(-c3ccccc3)cc2)cc1. The van der Waals surface area contributed by atoms with E-state index in [9.17, 15) is 13.2 Å². The number of nitrogens with one attached hydrogen (secondary N) is 1. The number of benzene rings is 3. The molecule has 3 rings (SSSR count). The Kier molecular flexibility index (Phi) is 7.44. The highest BCUT2D eigenvalue weighted by atomic mass is 32.2. The van der Waals surface area contributed by atoms with Crippen LogP contribution >= 0.6 is 0 Å². The molecule has 1 N–H and O–H groups in total. The first-order chi connectivity index (χ1) is 14.9. The van der Waals surface area contributed by atoms with E-state index in [1.54, 1.807) is 26.0 Å². The first kappa shape index (κ1) is 22.5. The molecule has 0 spiro atoms. The van der Waals surface area contributed by atoms with Gasteiger partial charge in [-0.2, -0.15) is 4.31 Å². The van der Waals surface area contributed by atoms with Crippen molar-refractivity contribution >= 4 is 21.6 Å². The number of hydrogen-bond donors (Lipinski definition) is 1. The van der Waals surface area contributed by atoms with Crippen LogP contribution in [0.15, 0.2) is 83.8 Å². The molecule has 0 aromatic heterocycles. The Morgan fingerprint density at radius 1 is 0.839 bits per heavy atom. The van der Waals surface area contributed by atoms with Gasteiger partial charge in [-0.1, -0.05) is 56.3 Å². The minimum atomic E-state index is -3.52. The number of anilines is 1. The summed E-state index contributed by atoms with van der Waals surface area (Å²) >= 11 is 0. The van der Waals surface area contributed by atoms with Crippen LogP contribution in [-0.2, 0) is 14.8 Å². The van der Waals surface area contributed by atoms with Gasteiger partial charge in [0.15, 0.2) is 6.61 Å². The monoisotopic (exact) mass is 438 g/mol. The van der Waals surface area contributed by atoms with Crippen molar-refractivity contribution in [3.05, 3.63) is 78.9 Å². The summed E-state index contributed by atoms with van der Waals surface area (Å²) < 4.78 is 32.0. The van der Waals surface area contributed by atoms with Crippen LogP contribution < -0.4 is 10.1 Å². The summed E-state index contributed by atoms with van der Waals surface area (Å²) in [6.07, 6.45) is 0. The molecule has 6 nitrogen and oxygen atoms in total. The molecule has 7 heteroatoms. The predicted octanol–water partition coefficient (Wildman–Crippen LogP) is 4.40. The summed E-state index contributed by atoms with van der Waals surface area (Å²) in [5.41, 5.74) is 2.68. The summed E-state index contributed by atoms with van der Waals surface area (Å²) in [5, 5.41) is 2.71. The molecule has 1 amide bonds. The maximum atomic E-state index is 12.5. The smallest absolute Gasteiger partial charge is 0.262 e. The van der Waals surface area contributed by atoms with Crippen LogP contribution in [-0.4, -0.2) is 38.3 Å². The third-order valence-corrected chi connectivity index (χ3v) is 6.88. The average molecular weight is 439 g/mol. The van der Waals surface area contributed by atoms with Crippen LogP contribution in [0.3, 0.4) is 0 Å². The minimum Gasteiger partial charge on any atom is -0.484 e. The second-order valence-corrected chi connectivity index (χ2v) is 8.78. The van der Waals surface area contributed by atoms with Gasteiger partial charge in [-0.3, -0.25) is 4.79 Å². The van der Waals surface area contributed by atoms with Crippen molar-refractivity contribution in [2.75, 3.05) is 25.0 Å². The molecule has 162 valence electrons. The second kappa shape index (κ2) is 10.2. The average Bonchev–Trinajstić information content (AvgIpc) is 2.79. The van der Waals surface area contributed by atoms with Gasteiger partial charge in [-0.05, 0) is 47.5 Å². The standard InChI is InChI=1S/C24H26N2O4S/c1-3-26(4-2)31(28,29)23-16-12-21(13-17-23)25-24(27)18-30-22-14-10-20(11-15-22)19-8-6-5-7-9-19/h5-17H,3-4,18H2,1-2H3,(H,25,27). The molecular formula is C24H26N2O4S. The minimum absolute atomic E-state index is 0.149. The fourth-order valence-electron chi connectivity index (χ4n) is 3.14. The van der Waals surface area contributed by atoms with Gasteiger partial charge in [0, 0.05) is 18.8 Å². The summed E-state index contributed by atoms with van der Waals surface area (Å²) in [4.78, 5) is 12.4. The van der Waals surface area contributed by atoms with Crippen LogP contribution in [0.4, 0.5) is 5.69 Å². The van der Waals surface area contributed by atoms with E-state index in [1.807, 2.05) is 54.6 Å². The molecule has 0 unspecified atom stereocenters. The zero-order valence-electron chi connectivity index (χ0n) is 17.6. The zero-order valence-corrected chi connectivity index (χ0v) is 18.4. The number of carbonyl (C=O) groups is 1. The quantitative estimate of drug-likeness (QED) is 0.537. The third-order valence-electron chi connectivity index (χ3n) is 4.81. The van der Waals surface area contributed by atoms with Gasteiger partial charge in [-0.25, -0.2) is 8.42 Å². The molecule has 0 radical (unpaired) electrons. The first-order valence-electron chi connectivity index (χ1n) is 10.1. The molecule has 3 aromatic carbocycles. The van der Waals surface area contributed by atoms with Crippen molar-refractivity contribution in [2.45, 2.75) is 18.7 Å². The van der Waals surface area contributed by atoms with E-state index >= 15 is 0 Å². The van der Waals surface area contributed by atoms with Gasteiger partial charge < -0.3 is 10.1 Å². The Hall–Kier alpha value is -3.16. The number of ether oxygens (including phenoxy) is 1. The molecular weight excluding hydrogens is 412 g/mol. The molecule has 0 aliphatic heterocycles. The maximum Gasteiger partial charge on any atom is 0.262 e. The van der Waals surface area contributed by atoms with Crippen LogP contribution in [0.25, 0.3) is 11.1 Å². The first-order valence-corrected chi connectivity index (χ1v) is 11.6.